The number of likely N-dealkylation sites (tertiary alicyclic amines) is 1. The number of alkyl halides is 4. The van der Waals surface area contributed by atoms with Crippen molar-refractivity contribution in [2.24, 2.45) is 0 Å². The highest BCUT2D eigenvalue weighted by atomic mass is 32.2. The van der Waals surface area contributed by atoms with Gasteiger partial charge < -0.3 is 29.6 Å². The van der Waals surface area contributed by atoms with Gasteiger partial charge in [-0.3, -0.25) is 0 Å². The first-order valence-electron chi connectivity index (χ1n) is 13.8. The van der Waals surface area contributed by atoms with Gasteiger partial charge in [-0.25, -0.2) is 12.8 Å². The first-order valence-corrected chi connectivity index (χ1v) is 15.7. The molecule has 0 unspecified atom stereocenters. The van der Waals surface area contributed by atoms with Crippen LogP contribution in [0, 0.1) is 11.8 Å². The van der Waals surface area contributed by atoms with E-state index < -0.39 is 34.8 Å². The van der Waals surface area contributed by atoms with Crippen LogP contribution in [0.1, 0.15) is 18.5 Å². The number of fused-ring (bicyclic) bond motifs is 1. The zero-order valence-corrected chi connectivity index (χ0v) is 25.1. The first-order chi connectivity index (χ1) is 20.4. The van der Waals surface area contributed by atoms with Crippen LogP contribution < -0.4 is 15.4 Å². The van der Waals surface area contributed by atoms with Crippen LogP contribution in [0.15, 0.2) is 47.4 Å². The summed E-state index contributed by atoms with van der Waals surface area (Å²) in [5, 5.41) is 6.78. The van der Waals surface area contributed by atoms with Crippen LogP contribution in [0.4, 0.5) is 28.9 Å². The zero-order valence-electron chi connectivity index (χ0n) is 24.3. The second-order valence-corrected chi connectivity index (χ2v) is 12.5. The van der Waals surface area contributed by atoms with Crippen LogP contribution in [0.2, 0.25) is 0 Å². The Morgan fingerprint density at radius 3 is 2.58 bits per heavy atom. The fourth-order valence-corrected chi connectivity index (χ4v) is 5.79. The summed E-state index contributed by atoms with van der Waals surface area (Å²) in [5.74, 6) is 5.97. The minimum atomic E-state index is -4.49. The molecule has 0 saturated carbocycles. The summed E-state index contributed by atoms with van der Waals surface area (Å²) >= 11 is 0. The number of hydrogen-bond acceptors (Lipinski definition) is 7. The molecule has 1 fully saturated rings. The number of piperidine rings is 1. The van der Waals surface area contributed by atoms with E-state index in [1.807, 2.05) is 0 Å². The van der Waals surface area contributed by atoms with Crippen molar-refractivity contribution < 1.29 is 35.5 Å². The molecule has 0 aliphatic carbocycles. The lowest BCUT2D eigenvalue weighted by atomic mass is 10.0. The standard InChI is InChI=1S/C30H36F4N4O4S/c1-41-16-6-14-37-15-12-26(24(31)19-37)36-25-8-4-9-28-23(25)17-21(38(28)20-30(32,33)34)7-5-13-35-27-11-10-22(43(3,39)40)18-29(27)42-2/h4,8-11,17-18,24,26,35-36H,6,12-16,19-20H2,1-3H3/t24-,26+/m0/s1. The maximum atomic E-state index is 15.1. The first kappa shape index (κ1) is 32.4. The van der Waals surface area contributed by atoms with Gasteiger partial charge in [0.2, 0.25) is 0 Å². The normalized spacial score (nSPS) is 17.8. The van der Waals surface area contributed by atoms with Gasteiger partial charge in [-0.15, -0.1) is 0 Å². The van der Waals surface area contributed by atoms with Crippen LogP contribution in [0.3, 0.4) is 0 Å². The maximum Gasteiger partial charge on any atom is 0.406 e. The summed E-state index contributed by atoms with van der Waals surface area (Å²) in [6, 6.07) is 10.4. The fraction of sp³-hybridized carbons (Fsp3) is 0.467. The van der Waals surface area contributed by atoms with Crippen molar-refractivity contribution in [2.45, 2.75) is 42.7 Å². The van der Waals surface area contributed by atoms with E-state index in [-0.39, 0.29) is 23.7 Å². The second-order valence-electron chi connectivity index (χ2n) is 10.5. The number of methoxy groups -OCH3 is 2. The number of rotatable bonds is 11. The van der Waals surface area contributed by atoms with Gasteiger partial charge in [-0.2, -0.15) is 13.2 Å². The Morgan fingerprint density at radius 1 is 1.12 bits per heavy atom. The molecule has 0 radical (unpaired) electrons. The predicted molar refractivity (Wildman–Crippen MR) is 159 cm³/mol. The molecule has 2 aromatic carbocycles. The molecule has 1 aromatic heterocycles. The van der Waals surface area contributed by atoms with Crippen molar-refractivity contribution in [2.75, 3.05) is 63.9 Å². The molecule has 2 heterocycles. The third-order valence-electron chi connectivity index (χ3n) is 7.26. The van der Waals surface area contributed by atoms with Gasteiger partial charge in [-0.05, 0) is 49.1 Å². The second kappa shape index (κ2) is 13.9. The Balaban J connectivity index is 1.54. The molecule has 0 spiro atoms. The number of ether oxygens (including phenoxy) is 2. The number of sulfone groups is 1. The molecule has 2 atom stereocenters. The largest absolute Gasteiger partial charge is 0.495 e. The molecule has 1 aliphatic heterocycles. The number of benzene rings is 2. The van der Waals surface area contributed by atoms with E-state index in [1.165, 1.54) is 25.3 Å². The average Bonchev–Trinajstić information content (AvgIpc) is 3.28. The molecule has 4 rings (SSSR count). The van der Waals surface area contributed by atoms with Gasteiger partial charge in [0.05, 0.1) is 41.5 Å². The Bertz CT molecular complexity index is 1580. The van der Waals surface area contributed by atoms with Crippen LogP contribution in [0.5, 0.6) is 5.75 Å². The molecular weight excluding hydrogens is 588 g/mol. The SMILES string of the molecule is COCCCN1CC[C@@H](Nc2cccc3c2cc(C#CCNc2ccc(S(C)(=O)=O)cc2OC)n3CC(F)(F)F)[C@@H](F)C1. The maximum absolute atomic E-state index is 15.1. The average molecular weight is 625 g/mol. The number of halogens is 4. The summed E-state index contributed by atoms with van der Waals surface area (Å²) in [7, 11) is -0.401. The lowest BCUT2D eigenvalue weighted by molar-refractivity contribution is -0.140. The Labute approximate surface area is 249 Å². The molecule has 0 bridgehead atoms. The van der Waals surface area contributed by atoms with E-state index in [4.69, 9.17) is 9.47 Å². The minimum absolute atomic E-state index is 0.0553. The quantitative estimate of drug-likeness (QED) is 0.178. The molecule has 1 saturated heterocycles. The summed E-state index contributed by atoms with van der Waals surface area (Å²) < 4.78 is 91.0. The van der Waals surface area contributed by atoms with Crippen molar-refractivity contribution in [3.05, 3.63) is 48.2 Å². The van der Waals surface area contributed by atoms with Crippen molar-refractivity contribution in [3.63, 3.8) is 0 Å². The van der Waals surface area contributed by atoms with Crippen LogP contribution in [-0.2, 0) is 21.1 Å². The molecular formula is C30H36F4N4O4S. The molecule has 2 N–H and O–H groups in total. The number of nitrogens with zero attached hydrogens (tertiary/aromatic N) is 2. The number of aromatic nitrogens is 1. The predicted octanol–water partition coefficient (Wildman–Crippen LogP) is 4.94. The molecule has 43 heavy (non-hydrogen) atoms. The van der Waals surface area contributed by atoms with Gasteiger partial charge in [0.1, 0.15) is 18.5 Å². The third kappa shape index (κ3) is 8.55. The minimum Gasteiger partial charge on any atom is -0.495 e. The van der Waals surface area contributed by atoms with Crippen LogP contribution in [-0.4, -0.2) is 89.5 Å². The lowest BCUT2D eigenvalue weighted by Crippen LogP contribution is -2.48. The Kier molecular flexibility index (Phi) is 10.5. The van der Waals surface area contributed by atoms with Crippen molar-refractivity contribution in [3.8, 4) is 17.6 Å². The Morgan fingerprint density at radius 2 is 1.91 bits per heavy atom. The molecule has 3 aromatic rings. The number of anilines is 2. The highest BCUT2D eigenvalue weighted by Gasteiger charge is 2.31. The van der Waals surface area contributed by atoms with Crippen molar-refractivity contribution in [1.82, 2.24) is 9.47 Å². The van der Waals surface area contributed by atoms with Crippen LogP contribution in [0.25, 0.3) is 10.9 Å². The van der Waals surface area contributed by atoms with Crippen molar-refractivity contribution >= 4 is 32.1 Å². The molecule has 8 nitrogen and oxygen atoms in total. The molecule has 1 aliphatic rings. The van der Waals surface area contributed by atoms with Gasteiger partial charge in [0.25, 0.3) is 0 Å². The topological polar surface area (TPSA) is 84.8 Å². The van der Waals surface area contributed by atoms with E-state index >= 15 is 4.39 Å². The Hall–Kier alpha value is -3.47. The molecule has 234 valence electrons. The fourth-order valence-electron chi connectivity index (χ4n) is 5.15. The van der Waals surface area contributed by atoms with E-state index in [1.54, 1.807) is 31.4 Å². The lowest BCUT2D eigenvalue weighted by Gasteiger charge is -2.35. The van der Waals surface area contributed by atoms with E-state index in [0.717, 1.165) is 23.8 Å². The number of hydrogen-bond donors (Lipinski definition) is 2. The van der Waals surface area contributed by atoms with E-state index in [2.05, 4.69) is 27.4 Å². The van der Waals surface area contributed by atoms with Crippen LogP contribution >= 0.6 is 0 Å². The summed E-state index contributed by atoms with van der Waals surface area (Å²) in [6.07, 6.45) is -3.17. The van der Waals surface area contributed by atoms with Gasteiger partial charge >= 0.3 is 6.18 Å². The van der Waals surface area contributed by atoms with Gasteiger partial charge in [0.15, 0.2) is 9.84 Å². The summed E-state index contributed by atoms with van der Waals surface area (Å²) in [5.41, 5.74) is 1.53. The smallest absolute Gasteiger partial charge is 0.406 e. The molecule has 13 heteroatoms. The summed E-state index contributed by atoms with van der Waals surface area (Å²) in [4.78, 5) is 2.15. The highest BCUT2D eigenvalue weighted by Crippen LogP contribution is 2.32. The van der Waals surface area contributed by atoms with E-state index in [0.29, 0.717) is 47.6 Å². The summed E-state index contributed by atoms with van der Waals surface area (Å²) in [6.45, 7) is 1.16. The van der Waals surface area contributed by atoms with Gasteiger partial charge in [-0.1, -0.05) is 12.0 Å². The third-order valence-corrected chi connectivity index (χ3v) is 8.37. The number of nitrogens with one attached hydrogen (secondary N) is 2. The highest BCUT2D eigenvalue weighted by molar-refractivity contribution is 7.90. The van der Waals surface area contributed by atoms with Crippen molar-refractivity contribution in [1.29, 1.82) is 0 Å². The van der Waals surface area contributed by atoms with Gasteiger partial charge in [0, 0.05) is 56.7 Å². The monoisotopic (exact) mass is 624 g/mol. The molecule has 0 amide bonds. The zero-order chi connectivity index (χ0) is 31.2. The van der Waals surface area contributed by atoms with E-state index in [9.17, 15) is 21.6 Å².